The molecule has 0 saturated carbocycles. The third-order valence-corrected chi connectivity index (χ3v) is 4.42. The van der Waals surface area contributed by atoms with Gasteiger partial charge in [-0.15, -0.1) is 0 Å². The molecular weight excluding hydrogens is 326 g/mol. The molecule has 3 rings (SSSR count). The summed E-state index contributed by atoms with van der Waals surface area (Å²) in [5.41, 5.74) is 1.97. The van der Waals surface area contributed by atoms with Gasteiger partial charge in [-0.3, -0.25) is 4.79 Å². The van der Waals surface area contributed by atoms with Crippen LogP contribution in [-0.4, -0.2) is 23.0 Å². The number of hydrogen-bond donors (Lipinski definition) is 2. The third kappa shape index (κ3) is 4.48. The summed E-state index contributed by atoms with van der Waals surface area (Å²) in [6, 6.07) is 22.4. The molecule has 132 valence electrons. The average Bonchev–Trinajstić information content (AvgIpc) is 2.67. The van der Waals surface area contributed by atoms with Gasteiger partial charge >= 0.3 is 5.97 Å². The Bertz CT molecular complexity index is 900. The maximum Gasteiger partial charge on any atom is 0.326 e. The van der Waals surface area contributed by atoms with Crippen molar-refractivity contribution in [3.05, 3.63) is 83.9 Å². The maximum atomic E-state index is 12.2. The molecule has 0 aliphatic rings. The van der Waals surface area contributed by atoms with Crippen LogP contribution in [0.3, 0.4) is 0 Å². The highest BCUT2D eigenvalue weighted by molar-refractivity contribution is 5.88. The van der Waals surface area contributed by atoms with Crippen molar-refractivity contribution in [2.24, 2.45) is 0 Å². The molecule has 1 amide bonds. The topological polar surface area (TPSA) is 66.4 Å². The van der Waals surface area contributed by atoms with E-state index in [0.29, 0.717) is 6.42 Å². The van der Waals surface area contributed by atoms with Crippen LogP contribution in [0.1, 0.15) is 17.5 Å². The second-order valence-electron chi connectivity index (χ2n) is 6.29. The molecule has 2 N–H and O–H groups in total. The van der Waals surface area contributed by atoms with Gasteiger partial charge in [0.05, 0.1) is 0 Å². The van der Waals surface area contributed by atoms with E-state index >= 15 is 0 Å². The molecule has 0 heterocycles. The van der Waals surface area contributed by atoms with Gasteiger partial charge in [-0.1, -0.05) is 72.8 Å². The largest absolute Gasteiger partial charge is 0.480 e. The Morgan fingerprint density at radius 2 is 1.58 bits per heavy atom. The second-order valence-corrected chi connectivity index (χ2v) is 6.29. The number of nitrogens with one attached hydrogen (secondary N) is 1. The van der Waals surface area contributed by atoms with E-state index < -0.39 is 12.0 Å². The molecule has 0 fully saturated rings. The highest BCUT2D eigenvalue weighted by atomic mass is 16.4. The van der Waals surface area contributed by atoms with E-state index in [-0.39, 0.29) is 18.7 Å². The summed E-state index contributed by atoms with van der Waals surface area (Å²) >= 11 is 0. The predicted molar refractivity (Wildman–Crippen MR) is 102 cm³/mol. The smallest absolute Gasteiger partial charge is 0.326 e. The van der Waals surface area contributed by atoms with Crippen LogP contribution in [0.25, 0.3) is 10.8 Å². The molecule has 3 aromatic carbocycles. The van der Waals surface area contributed by atoms with Crippen LogP contribution < -0.4 is 5.32 Å². The standard InChI is InChI=1S/C22H21NO3/c24-21(14-13-16-7-2-1-3-8-16)23-20(22(25)26)15-18-11-6-10-17-9-4-5-12-19(17)18/h1-12,20H,13-15H2,(H,23,24)(H,25,26)/t20-/m0/s1. The van der Waals surface area contributed by atoms with Crippen LogP contribution in [-0.2, 0) is 22.4 Å². The van der Waals surface area contributed by atoms with E-state index in [2.05, 4.69) is 5.32 Å². The first-order valence-electron chi connectivity index (χ1n) is 8.66. The predicted octanol–water partition coefficient (Wildman–Crippen LogP) is 3.58. The van der Waals surface area contributed by atoms with Gasteiger partial charge in [-0.2, -0.15) is 0 Å². The lowest BCUT2D eigenvalue weighted by Gasteiger charge is -2.16. The lowest BCUT2D eigenvalue weighted by atomic mass is 9.98. The van der Waals surface area contributed by atoms with Crippen molar-refractivity contribution in [1.82, 2.24) is 5.32 Å². The summed E-state index contributed by atoms with van der Waals surface area (Å²) in [6.45, 7) is 0. The first-order chi connectivity index (χ1) is 12.6. The van der Waals surface area contributed by atoms with Gasteiger partial charge in [0.25, 0.3) is 0 Å². The molecule has 0 unspecified atom stereocenters. The van der Waals surface area contributed by atoms with Gasteiger partial charge in [0.15, 0.2) is 0 Å². The molecule has 0 radical (unpaired) electrons. The van der Waals surface area contributed by atoms with Crippen LogP contribution >= 0.6 is 0 Å². The molecule has 0 aliphatic heterocycles. The molecule has 4 nitrogen and oxygen atoms in total. The first-order valence-corrected chi connectivity index (χ1v) is 8.66. The molecule has 0 spiro atoms. The van der Waals surface area contributed by atoms with Crippen molar-refractivity contribution in [2.75, 3.05) is 0 Å². The minimum atomic E-state index is -1.02. The summed E-state index contributed by atoms with van der Waals surface area (Å²) in [5, 5.41) is 14.3. The number of amides is 1. The zero-order valence-corrected chi connectivity index (χ0v) is 14.4. The SMILES string of the molecule is O=C(CCc1ccccc1)N[C@@H](Cc1cccc2ccccc12)C(=O)O. The minimum absolute atomic E-state index is 0.249. The Balaban J connectivity index is 1.67. The monoisotopic (exact) mass is 347 g/mol. The molecule has 1 atom stereocenters. The summed E-state index contributed by atoms with van der Waals surface area (Å²) in [7, 11) is 0. The van der Waals surface area contributed by atoms with Gasteiger partial charge in [0.1, 0.15) is 6.04 Å². The molecule has 0 bridgehead atoms. The van der Waals surface area contributed by atoms with Crippen molar-refractivity contribution < 1.29 is 14.7 Å². The fraction of sp³-hybridized carbons (Fsp3) is 0.182. The number of carboxylic acids is 1. The average molecular weight is 347 g/mol. The maximum absolute atomic E-state index is 12.2. The number of fused-ring (bicyclic) bond motifs is 1. The zero-order chi connectivity index (χ0) is 18.4. The second kappa shape index (κ2) is 8.30. The first kappa shape index (κ1) is 17.7. The zero-order valence-electron chi connectivity index (χ0n) is 14.4. The summed E-state index contributed by atoms with van der Waals surface area (Å²) < 4.78 is 0. The molecule has 4 heteroatoms. The number of aliphatic carboxylic acids is 1. The van der Waals surface area contributed by atoms with E-state index in [1.54, 1.807) is 0 Å². The van der Waals surface area contributed by atoms with Gasteiger partial charge in [-0.05, 0) is 28.3 Å². The van der Waals surface area contributed by atoms with Crippen molar-refractivity contribution in [3.63, 3.8) is 0 Å². The van der Waals surface area contributed by atoms with Crippen molar-refractivity contribution in [1.29, 1.82) is 0 Å². The Labute approximate surface area is 152 Å². The Morgan fingerprint density at radius 1 is 0.885 bits per heavy atom. The van der Waals surface area contributed by atoms with Crippen LogP contribution in [0.5, 0.6) is 0 Å². The van der Waals surface area contributed by atoms with Gasteiger partial charge in [0, 0.05) is 12.8 Å². The van der Waals surface area contributed by atoms with Crippen LogP contribution in [0.15, 0.2) is 72.8 Å². The number of hydrogen-bond acceptors (Lipinski definition) is 2. The number of carbonyl (C=O) groups excluding carboxylic acids is 1. The quantitative estimate of drug-likeness (QED) is 0.686. The van der Waals surface area contributed by atoms with Gasteiger partial charge in [-0.25, -0.2) is 4.79 Å². The molecule has 3 aromatic rings. The fourth-order valence-corrected chi connectivity index (χ4v) is 3.06. The van der Waals surface area contributed by atoms with Crippen molar-refractivity contribution in [3.8, 4) is 0 Å². The number of carboxylic acid groups (broad SMARTS) is 1. The van der Waals surface area contributed by atoms with Crippen LogP contribution in [0.4, 0.5) is 0 Å². The summed E-state index contributed by atoms with van der Waals surface area (Å²) in [5.74, 6) is -1.27. The number of benzene rings is 3. The van der Waals surface area contributed by atoms with E-state index in [0.717, 1.165) is 21.9 Å². The normalized spacial score (nSPS) is 11.8. The fourth-order valence-electron chi connectivity index (χ4n) is 3.06. The third-order valence-electron chi connectivity index (χ3n) is 4.42. The van der Waals surface area contributed by atoms with Gasteiger partial charge < -0.3 is 10.4 Å². The summed E-state index contributed by atoms with van der Waals surface area (Å²) in [4.78, 5) is 23.8. The van der Waals surface area contributed by atoms with Crippen molar-refractivity contribution >= 4 is 22.6 Å². The molecule has 0 aliphatic carbocycles. The molecule has 0 saturated heterocycles. The van der Waals surface area contributed by atoms with E-state index in [9.17, 15) is 14.7 Å². The minimum Gasteiger partial charge on any atom is -0.480 e. The highest BCUT2D eigenvalue weighted by Gasteiger charge is 2.21. The van der Waals surface area contributed by atoms with Gasteiger partial charge in [0.2, 0.25) is 5.91 Å². The number of carbonyl (C=O) groups is 2. The lowest BCUT2D eigenvalue weighted by Crippen LogP contribution is -2.42. The lowest BCUT2D eigenvalue weighted by molar-refractivity contribution is -0.141. The Kier molecular flexibility index (Phi) is 5.64. The number of rotatable bonds is 7. The molecule has 26 heavy (non-hydrogen) atoms. The van der Waals surface area contributed by atoms with Crippen LogP contribution in [0, 0.1) is 0 Å². The Morgan fingerprint density at radius 3 is 2.35 bits per heavy atom. The number of aryl methyl sites for hydroxylation is 1. The van der Waals surface area contributed by atoms with Crippen molar-refractivity contribution in [2.45, 2.75) is 25.3 Å². The molecule has 0 aromatic heterocycles. The summed E-state index contributed by atoms with van der Waals surface area (Å²) in [6.07, 6.45) is 1.12. The van der Waals surface area contributed by atoms with Crippen LogP contribution in [0.2, 0.25) is 0 Å². The Hall–Kier alpha value is -3.14. The van der Waals surface area contributed by atoms with E-state index in [1.165, 1.54) is 0 Å². The highest BCUT2D eigenvalue weighted by Crippen LogP contribution is 2.20. The van der Waals surface area contributed by atoms with E-state index in [4.69, 9.17) is 0 Å². The molecular formula is C22H21NO3. The van der Waals surface area contributed by atoms with E-state index in [1.807, 2.05) is 72.8 Å².